The molecular weight excluding hydrogens is 324 g/mol. The van der Waals surface area contributed by atoms with E-state index in [1.165, 1.54) is 5.56 Å². The van der Waals surface area contributed by atoms with E-state index in [2.05, 4.69) is 43.9 Å². The molecule has 1 saturated heterocycles. The van der Waals surface area contributed by atoms with Gasteiger partial charge in [-0.1, -0.05) is 30.3 Å². The number of hydrogen-bond acceptors (Lipinski definition) is 4. The van der Waals surface area contributed by atoms with E-state index in [1.807, 2.05) is 13.0 Å². The number of hydrogen-bond donors (Lipinski definition) is 0. The van der Waals surface area contributed by atoms with Gasteiger partial charge in [-0.25, -0.2) is 0 Å². The maximum Gasteiger partial charge on any atom is 0.184 e. The SMILES string of the molecule is CC(=S)OCCCC[C@@]1(O[Si](C)(C)C)CO[C@@H]1c1ccccc1. The Balaban J connectivity index is 2.00. The van der Waals surface area contributed by atoms with Crippen LogP contribution in [0.2, 0.25) is 19.6 Å². The molecule has 0 saturated carbocycles. The first-order chi connectivity index (χ1) is 10.8. The van der Waals surface area contributed by atoms with Gasteiger partial charge in [0.25, 0.3) is 0 Å². The van der Waals surface area contributed by atoms with Crippen LogP contribution in [0, 0.1) is 0 Å². The highest BCUT2D eigenvalue weighted by atomic mass is 32.1. The Morgan fingerprint density at radius 1 is 1.26 bits per heavy atom. The van der Waals surface area contributed by atoms with Crippen LogP contribution in [0.1, 0.15) is 37.9 Å². The van der Waals surface area contributed by atoms with Gasteiger partial charge in [0.2, 0.25) is 0 Å². The standard InChI is InChI=1S/C18H28O3SSi/c1-15(22)19-13-9-8-12-18(21-23(2,3)4)14-20-17(18)16-10-6-5-7-11-16/h5-7,10-11,17H,8-9,12-14H2,1-4H3/t17-,18-/m1/s1. The normalized spacial score (nSPS) is 24.1. The van der Waals surface area contributed by atoms with Crippen molar-refractivity contribution in [3.05, 3.63) is 35.9 Å². The predicted octanol–water partition coefficient (Wildman–Crippen LogP) is 4.88. The molecule has 3 nitrogen and oxygen atoms in total. The van der Waals surface area contributed by atoms with Gasteiger partial charge in [-0.3, -0.25) is 0 Å². The minimum absolute atomic E-state index is 0.0450. The van der Waals surface area contributed by atoms with Crippen LogP contribution in [-0.4, -0.2) is 32.2 Å². The van der Waals surface area contributed by atoms with E-state index in [4.69, 9.17) is 26.1 Å². The molecule has 0 aromatic heterocycles. The monoisotopic (exact) mass is 352 g/mol. The molecule has 1 aromatic rings. The summed E-state index contributed by atoms with van der Waals surface area (Å²) in [4.78, 5) is 0. The average molecular weight is 353 g/mol. The lowest BCUT2D eigenvalue weighted by molar-refractivity contribution is -0.235. The van der Waals surface area contributed by atoms with E-state index < -0.39 is 8.32 Å². The number of unbranched alkanes of at least 4 members (excludes halogenated alkanes) is 1. The lowest BCUT2D eigenvalue weighted by Gasteiger charge is -2.52. The molecule has 1 aromatic carbocycles. The molecule has 2 rings (SSSR count). The van der Waals surface area contributed by atoms with E-state index >= 15 is 0 Å². The highest BCUT2D eigenvalue weighted by Gasteiger charge is 2.51. The van der Waals surface area contributed by atoms with Gasteiger partial charge in [-0.2, -0.15) is 0 Å². The third-order valence-electron chi connectivity index (χ3n) is 3.88. The Labute approximate surface area is 146 Å². The molecule has 0 unspecified atom stereocenters. The fraction of sp³-hybridized carbons (Fsp3) is 0.611. The molecule has 0 bridgehead atoms. The second-order valence-corrected chi connectivity index (χ2v) is 12.2. The predicted molar refractivity (Wildman–Crippen MR) is 100 cm³/mol. The largest absolute Gasteiger partial charge is 0.487 e. The zero-order chi connectivity index (χ0) is 16.9. The molecule has 128 valence electrons. The lowest BCUT2D eigenvalue weighted by atomic mass is 9.83. The minimum Gasteiger partial charge on any atom is -0.487 e. The lowest BCUT2D eigenvalue weighted by Crippen LogP contribution is -2.58. The third-order valence-corrected chi connectivity index (χ3v) is 5.02. The highest BCUT2D eigenvalue weighted by molar-refractivity contribution is 7.80. The maximum atomic E-state index is 6.60. The molecule has 2 atom stereocenters. The number of rotatable bonds is 8. The number of ether oxygens (including phenoxy) is 2. The fourth-order valence-corrected chi connectivity index (χ4v) is 4.64. The van der Waals surface area contributed by atoms with Crippen molar-refractivity contribution in [3.8, 4) is 0 Å². The summed E-state index contributed by atoms with van der Waals surface area (Å²) in [6, 6.07) is 10.4. The summed E-state index contributed by atoms with van der Waals surface area (Å²) in [5.41, 5.74) is 1.03. The Morgan fingerprint density at radius 3 is 2.48 bits per heavy atom. The quantitative estimate of drug-likeness (QED) is 0.378. The zero-order valence-electron chi connectivity index (χ0n) is 14.6. The van der Waals surface area contributed by atoms with Crippen LogP contribution in [0.4, 0.5) is 0 Å². The number of benzene rings is 1. The molecule has 0 amide bonds. The molecule has 0 N–H and O–H groups in total. The van der Waals surface area contributed by atoms with Gasteiger partial charge in [0.05, 0.1) is 13.2 Å². The van der Waals surface area contributed by atoms with E-state index in [1.54, 1.807) is 0 Å². The summed E-state index contributed by atoms with van der Waals surface area (Å²) in [5, 5.41) is 0.618. The average Bonchev–Trinajstić information content (AvgIpc) is 2.44. The molecule has 1 heterocycles. The third kappa shape index (κ3) is 5.38. The first kappa shape index (κ1) is 18.6. The first-order valence-corrected chi connectivity index (χ1v) is 12.1. The molecule has 1 aliphatic heterocycles. The Hall–Kier alpha value is -0.753. The van der Waals surface area contributed by atoms with Gasteiger partial charge in [0.1, 0.15) is 11.7 Å². The molecular formula is C18H28O3SSi. The molecule has 0 aliphatic carbocycles. The van der Waals surface area contributed by atoms with Crippen molar-refractivity contribution in [1.29, 1.82) is 0 Å². The van der Waals surface area contributed by atoms with E-state index in [9.17, 15) is 0 Å². The van der Waals surface area contributed by atoms with Crippen LogP contribution in [0.5, 0.6) is 0 Å². The van der Waals surface area contributed by atoms with Crippen molar-refractivity contribution < 1.29 is 13.9 Å². The Morgan fingerprint density at radius 2 is 1.96 bits per heavy atom. The Bertz CT molecular complexity index is 515. The second kappa shape index (κ2) is 7.88. The van der Waals surface area contributed by atoms with Crippen molar-refractivity contribution in [3.63, 3.8) is 0 Å². The van der Waals surface area contributed by atoms with Crippen LogP contribution in [0.15, 0.2) is 30.3 Å². The summed E-state index contributed by atoms with van der Waals surface area (Å²) < 4.78 is 17.9. The van der Waals surface area contributed by atoms with Crippen LogP contribution in [0.3, 0.4) is 0 Å². The van der Waals surface area contributed by atoms with Gasteiger partial charge in [-0.05, 0) is 56.7 Å². The van der Waals surface area contributed by atoms with Crippen molar-refractivity contribution in [2.24, 2.45) is 0 Å². The summed E-state index contributed by atoms with van der Waals surface area (Å²) in [6.07, 6.45) is 3.09. The van der Waals surface area contributed by atoms with E-state index in [0.717, 1.165) is 19.3 Å². The van der Waals surface area contributed by atoms with Gasteiger partial charge >= 0.3 is 0 Å². The molecule has 0 radical (unpaired) electrons. The molecule has 5 heteroatoms. The van der Waals surface area contributed by atoms with Crippen molar-refractivity contribution >= 4 is 25.6 Å². The van der Waals surface area contributed by atoms with Gasteiger partial charge < -0.3 is 13.9 Å². The minimum atomic E-state index is -1.66. The summed E-state index contributed by atoms with van der Waals surface area (Å²) in [6.45, 7) is 9.92. The van der Waals surface area contributed by atoms with Crippen LogP contribution in [0.25, 0.3) is 0 Å². The topological polar surface area (TPSA) is 27.7 Å². The smallest absolute Gasteiger partial charge is 0.184 e. The van der Waals surface area contributed by atoms with Gasteiger partial charge in [0, 0.05) is 6.92 Å². The molecule has 23 heavy (non-hydrogen) atoms. The van der Waals surface area contributed by atoms with Crippen LogP contribution in [-0.2, 0) is 13.9 Å². The zero-order valence-corrected chi connectivity index (χ0v) is 16.4. The summed E-state index contributed by atoms with van der Waals surface area (Å²) in [7, 11) is -1.66. The van der Waals surface area contributed by atoms with Crippen molar-refractivity contribution in [2.45, 2.75) is 57.5 Å². The highest BCUT2D eigenvalue weighted by Crippen LogP contribution is 2.46. The van der Waals surface area contributed by atoms with Crippen molar-refractivity contribution in [1.82, 2.24) is 0 Å². The maximum absolute atomic E-state index is 6.60. The molecule has 1 aliphatic rings. The van der Waals surface area contributed by atoms with E-state index in [0.29, 0.717) is 18.3 Å². The van der Waals surface area contributed by atoms with Gasteiger partial charge in [0.15, 0.2) is 13.4 Å². The Kier molecular flexibility index (Phi) is 6.37. The fourth-order valence-electron chi connectivity index (χ4n) is 3.07. The van der Waals surface area contributed by atoms with Crippen LogP contribution >= 0.6 is 12.2 Å². The second-order valence-electron chi connectivity index (χ2n) is 7.18. The van der Waals surface area contributed by atoms with Crippen LogP contribution < -0.4 is 0 Å². The number of thiocarbonyl (C=S) groups is 1. The van der Waals surface area contributed by atoms with Gasteiger partial charge in [-0.15, -0.1) is 0 Å². The van der Waals surface area contributed by atoms with Crippen molar-refractivity contribution in [2.75, 3.05) is 13.2 Å². The summed E-state index contributed by atoms with van der Waals surface area (Å²) >= 11 is 4.95. The molecule has 1 fully saturated rings. The first-order valence-electron chi connectivity index (χ1n) is 8.32. The summed E-state index contributed by atoms with van der Waals surface area (Å²) in [5.74, 6) is 0. The van der Waals surface area contributed by atoms with E-state index in [-0.39, 0.29) is 11.7 Å². The molecule has 0 spiro atoms.